The number of rotatable bonds is 3. The Hall–Kier alpha value is -3.96. The Morgan fingerprint density at radius 1 is 0.700 bits per heavy atom. The topological polar surface area (TPSA) is 151 Å². The van der Waals surface area contributed by atoms with Gasteiger partial charge in [0.1, 0.15) is 11.4 Å². The van der Waals surface area contributed by atoms with Gasteiger partial charge in [0, 0.05) is 11.4 Å². The molecular formula is C18H20N10O2. The van der Waals surface area contributed by atoms with Crippen molar-refractivity contribution in [3.63, 3.8) is 0 Å². The minimum atomic E-state index is -0.268. The van der Waals surface area contributed by atoms with Gasteiger partial charge in [-0.15, -0.1) is 20.4 Å². The summed E-state index contributed by atoms with van der Waals surface area (Å²) in [5.74, 6) is 0. The van der Waals surface area contributed by atoms with Crippen molar-refractivity contribution in [2.75, 3.05) is 0 Å². The van der Waals surface area contributed by atoms with Crippen LogP contribution in [0.3, 0.4) is 0 Å². The van der Waals surface area contributed by atoms with Crippen molar-refractivity contribution in [2.24, 2.45) is 10.2 Å². The fourth-order valence-electron chi connectivity index (χ4n) is 3.37. The van der Waals surface area contributed by atoms with Crippen molar-refractivity contribution in [1.82, 2.24) is 39.6 Å². The summed E-state index contributed by atoms with van der Waals surface area (Å²) in [6, 6.07) is 0. The molecule has 0 aliphatic carbocycles. The van der Waals surface area contributed by atoms with Crippen molar-refractivity contribution >= 4 is 22.7 Å². The van der Waals surface area contributed by atoms with E-state index in [4.69, 9.17) is 0 Å². The zero-order valence-electron chi connectivity index (χ0n) is 17.4. The van der Waals surface area contributed by atoms with Crippen molar-refractivity contribution in [2.45, 2.75) is 41.5 Å². The average Bonchev–Trinajstić information content (AvgIpc) is 3.22. The van der Waals surface area contributed by atoms with Crippen LogP contribution < -0.4 is 11.1 Å². The molecule has 12 heteroatoms. The first-order valence-electron chi connectivity index (χ1n) is 9.19. The minimum absolute atomic E-state index is 0.268. The van der Waals surface area contributed by atoms with E-state index in [0.29, 0.717) is 45.2 Å². The molecule has 4 aromatic rings. The molecule has 12 nitrogen and oxygen atoms in total. The Kier molecular flexibility index (Phi) is 4.41. The summed E-state index contributed by atoms with van der Waals surface area (Å²) in [7, 11) is 0. The number of aromatic amines is 2. The number of nitrogens with zero attached hydrogens (tertiary/aromatic N) is 8. The van der Waals surface area contributed by atoms with Gasteiger partial charge >= 0.3 is 0 Å². The Balaban J connectivity index is 1.82. The maximum atomic E-state index is 12.3. The van der Waals surface area contributed by atoms with Gasteiger partial charge in [-0.25, -0.2) is 0 Å². The van der Waals surface area contributed by atoms with Gasteiger partial charge in [0.05, 0.1) is 22.6 Å². The highest BCUT2D eigenvalue weighted by atomic mass is 16.1. The van der Waals surface area contributed by atoms with Gasteiger partial charge in [-0.1, -0.05) is 0 Å². The van der Waals surface area contributed by atoms with Crippen molar-refractivity contribution in [3.05, 3.63) is 54.6 Å². The average molecular weight is 408 g/mol. The van der Waals surface area contributed by atoms with Crippen LogP contribution in [-0.2, 0) is 0 Å². The third-order valence-corrected chi connectivity index (χ3v) is 4.87. The maximum absolute atomic E-state index is 12.3. The molecule has 0 fully saturated rings. The molecule has 0 spiro atoms. The molecule has 4 rings (SSSR count). The third-order valence-electron chi connectivity index (χ3n) is 4.87. The van der Waals surface area contributed by atoms with Crippen molar-refractivity contribution in [1.29, 1.82) is 0 Å². The van der Waals surface area contributed by atoms with Crippen LogP contribution in [0.4, 0.5) is 0 Å². The zero-order valence-corrected chi connectivity index (χ0v) is 17.4. The number of hydrogen-bond acceptors (Lipinski definition) is 8. The first-order valence-corrected chi connectivity index (χ1v) is 9.19. The molecule has 0 aliphatic heterocycles. The Morgan fingerprint density at radius 2 is 1.07 bits per heavy atom. The van der Waals surface area contributed by atoms with Gasteiger partial charge in [0.25, 0.3) is 11.1 Å². The summed E-state index contributed by atoms with van der Waals surface area (Å²) < 4.78 is 2.69. The third kappa shape index (κ3) is 2.84. The number of hydrogen-bond donors (Lipinski definition) is 2. The number of aromatic nitrogens is 8. The molecule has 30 heavy (non-hydrogen) atoms. The molecule has 0 saturated carbocycles. The smallest absolute Gasteiger partial charge is 0.293 e. The summed E-state index contributed by atoms with van der Waals surface area (Å²) in [4.78, 5) is 24.5. The van der Waals surface area contributed by atoms with E-state index >= 15 is 0 Å². The van der Waals surface area contributed by atoms with Gasteiger partial charge in [0.15, 0.2) is 11.3 Å². The van der Waals surface area contributed by atoms with Crippen LogP contribution in [0, 0.1) is 27.7 Å². The number of fused-ring (bicyclic) bond motifs is 2. The molecule has 0 aliphatic rings. The standard InChI is InChI=1S/C18H20N10O2/c1-7(13-9(3)25-27-15(13)23-21-11(5)17(27)29)19-20-8(2)14-10(4)26-28-16(14)24-22-12(6)18(28)30/h25-26H,1-6H3/b19-7+,20-8+. The molecule has 0 aromatic carbocycles. The summed E-state index contributed by atoms with van der Waals surface area (Å²) in [5.41, 5.74) is 4.68. The predicted molar refractivity (Wildman–Crippen MR) is 111 cm³/mol. The predicted octanol–water partition coefficient (Wildman–Crippen LogP) is 0.615. The molecule has 4 heterocycles. The lowest BCUT2D eigenvalue weighted by Gasteiger charge is -2.00. The van der Waals surface area contributed by atoms with Crippen LogP contribution >= 0.6 is 0 Å². The zero-order chi connectivity index (χ0) is 21.7. The molecule has 2 N–H and O–H groups in total. The van der Waals surface area contributed by atoms with Crippen LogP contribution in [0.5, 0.6) is 0 Å². The lowest BCUT2D eigenvalue weighted by molar-refractivity contribution is 0.817. The van der Waals surface area contributed by atoms with Crippen molar-refractivity contribution < 1.29 is 0 Å². The highest BCUT2D eigenvalue weighted by Gasteiger charge is 2.17. The summed E-state index contributed by atoms with van der Waals surface area (Å²) in [5, 5.41) is 30.7. The molecule has 0 saturated heterocycles. The molecular weight excluding hydrogens is 388 g/mol. The van der Waals surface area contributed by atoms with Gasteiger partial charge in [-0.2, -0.15) is 19.2 Å². The molecule has 0 amide bonds. The first kappa shape index (κ1) is 19.4. The van der Waals surface area contributed by atoms with Gasteiger partial charge < -0.3 is 0 Å². The lowest BCUT2D eigenvalue weighted by atomic mass is 10.1. The second kappa shape index (κ2) is 6.83. The molecule has 0 atom stereocenters. The summed E-state index contributed by atoms with van der Waals surface area (Å²) in [6.45, 7) is 10.4. The van der Waals surface area contributed by atoms with Gasteiger partial charge in [0.2, 0.25) is 0 Å². The van der Waals surface area contributed by atoms with E-state index in [1.807, 2.05) is 13.8 Å². The van der Waals surface area contributed by atoms with E-state index in [-0.39, 0.29) is 11.1 Å². The highest BCUT2D eigenvalue weighted by Crippen LogP contribution is 2.15. The SMILES string of the molecule is C/C(=N\N=C(/C)c1c(C)[nH]n2c(=O)c(C)nnc12)c1c(C)[nH]n2c(=O)c(C)nnc12. The van der Waals surface area contributed by atoms with E-state index in [1.165, 1.54) is 9.03 Å². The van der Waals surface area contributed by atoms with E-state index in [9.17, 15) is 9.59 Å². The van der Waals surface area contributed by atoms with Gasteiger partial charge in [-0.05, 0) is 41.5 Å². The number of nitrogens with one attached hydrogen (secondary N) is 2. The van der Waals surface area contributed by atoms with Crippen LogP contribution in [0.15, 0.2) is 19.8 Å². The normalized spacial score (nSPS) is 13.0. The summed E-state index contributed by atoms with van der Waals surface area (Å²) >= 11 is 0. The Morgan fingerprint density at radius 3 is 1.43 bits per heavy atom. The molecule has 154 valence electrons. The van der Waals surface area contributed by atoms with E-state index in [0.717, 1.165) is 11.4 Å². The summed E-state index contributed by atoms with van der Waals surface area (Å²) in [6.07, 6.45) is 0. The minimum Gasteiger partial charge on any atom is -0.293 e. The molecule has 0 radical (unpaired) electrons. The Labute approximate surface area is 169 Å². The fraction of sp³-hybridized carbons (Fsp3) is 0.333. The van der Waals surface area contributed by atoms with Crippen LogP contribution in [0.2, 0.25) is 0 Å². The second-order valence-electron chi connectivity index (χ2n) is 7.09. The molecule has 0 bridgehead atoms. The quantitative estimate of drug-likeness (QED) is 0.374. The largest absolute Gasteiger partial charge is 0.294 e. The lowest BCUT2D eigenvalue weighted by Crippen LogP contribution is -2.20. The second-order valence-corrected chi connectivity index (χ2v) is 7.09. The van der Waals surface area contributed by atoms with Crippen LogP contribution in [0.1, 0.15) is 47.8 Å². The number of aryl methyl sites for hydroxylation is 4. The fourth-order valence-corrected chi connectivity index (χ4v) is 3.37. The van der Waals surface area contributed by atoms with Crippen LogP contribution in [0.25, 0.3) is 11.3 Å². The van der Waals surface area contributed by atoms with Crippen molar-refractivity contribution in [3.8, 4) is 0 Å². The van der Waals surface area contributed by atoms with E-state index in [1.54, 1.807) is 27.7 Å². The van der Waals surface area contributed by atoms with E-state index in [2.05, 4.69) is 40.8 Å². The van der Waals surface area contributed by atoms with Gasteiger partial charge in [-0.3, -0.25) is 19.8 Å². The molecule has 0 unspecified atom stereocenters. The Bertz CT molecular complexity index is 1380. The van der Waals surface area contributed by atoms with E-state index < -0.39 is 0 Å². The monoisotopic (exact) mass is 408 g/mol. The number of H-pyrrole nitrogens is 2. The highest BCUT2D eigenvalue weighted by molar-refractivity contribution is 6.07. The van der Waals surface area contributed by atoms with Crippen LogP contribution in [-0.4, -0.2) is 51.0 Å². The maximum Gasteiger partial charge on any atom is 0.294 e. The molecule has 4 aromatic heterocycles. The first-order chi connectivity index (χ1) is 14.2.